The molecule has 5 nitrogen and oxygen atoms in total. The Labute approximate surface area is 168 Å². The van der Waals surface area contributed by atoms with Crippen LogP contribution in [0.15, 0.2) is 59.5 Å². The standard InChI is InChI=1S/C22H29NO4S/c1-3-4-5-9-12-21(28(25,26)20-15-13-18(2)14-16-20)23-22(24)27-17-19-10-7-6-8-11-19/h6-8,10-11,13-16,21H,3-5,9,12,17H2,1-2H3,(H,23,24)/t21-/m1/s1. The van der Waals surface area contributed by atoms with Gasteiger partial charge in [-0.05, 0) is 31.0 Å². The monoisotopic (exact) mass is 403 g/mol. The second kappa shape index (κ2) is 10.9. The number of hydrogen-bond acceptors (Lipinski definition) is 4. The van der Waals surface area contributed by atoms with Crippen LogP contribution in [0.5, 0.6) is 0 Å². The highest BCUT2D eigenvalue weighted by atomic mass is 32.2. The summed E-state index contributed by atoms with van der Waals surface area (Å²) in [5.74, 6) is 0. The molecule has 0 unspecified atom stereocenters. The summed E-state index contributed by atoms with van der Waals surface area (Å²) < 4.78 is 31.3. The average molecular weight is 404 g/mol. The first-order chi connectivity index (χ1) is 13.4. The number of rotatable bonds is 10. The van der Waals surface area contributed by atoms with Crippen LogP contribution >= 0.6 is 0 Å². The van der Waals surface area contributed by atoms with E-state index in [2.05, 4.69) is 12.2 Å². The van der Waals surface area contributed by atoms with E-state index in [0.29, 0.717) is 6.42 Å². The molecule has 0 spiro atoms. The molecule has 0 saturated heterocycles. The van der Waals surface area contributed by atoms with Crippen molar-refractivity contribution in [1.82, 2.24) is 5.32 Å². The van der Waals surface area contributed by atoms with Gasteiger partial charge in [0.2, 0.25) is 0 Å². The zero-order chi connectivity index (χ0) is 20.4. The molecule has 0 aromatic heterocycles. The molecule has 0 fully saturated rings. The van der Waals surface area contributed by atoms with Gasteiger partial charge in [-0.25, -0.2) is 13.2 Å². The van der Waals surface area contributed by atoms with Gasteiger partial charge in [-0.2, -0.15) is 0 Å². The Balaban J connectivity index is 2.07. The smallest absolute Gasteiger partial charge is 0.408 e. The predicted molar refractivity (Wildman–Crippen MR) is 111 cm³/mol. The van der Waals surface area contributed by atoms with Crippen molar-refractivity contribution in [3.8, 4) is 0 Å². The number of benzene rings is 2. The number of sulfone groups is 1. The van der Waals surface area contributed by atoms with Gasteiger partial charge in [0, 0.05) is 0 Å². The lowest BCUT2D eigenvalue weighted by atomic mass is 10.1. The van der Waals surface area contributed by atoms with Gasteiger partial charge in [-0.1, -0.05) is 80.6 Å². The Morgan fingerprint density at radius 3 is 2.32 bits per heavy atom. The molecule has 152 valence electrons. The maximum atomic E-state index is 13.0. The molecule has 0 aliphatic carbocycles. The lowest BCUT2D eigenvalue weighted by Gasteiger charge is -2.19. The molecule has 2 aromatic rings. The molecule has 0 saturated carbocycles. The van der Waals surface area contributed by atoms with Crippen LogP contribution in [0.4, 0.5) is 4.79 Å². The van der Waals surface area contributed by atoms with Gasteiger partial charge in [0.25, 0.3) is 0 Å². The van der Waals surface area contributed by atoms with E-state index in [-0.39, 0.29) is 11.5 Å². The molecule has 0 bridgehead atoms. The molecule has 0 aliphatic heterocycles. The molecule has 0 radical (unpaired) electrons. The van der Waals surface area contributed by atoms with E-state index in [0.717, 1.165) is 36.8 Å². The van der Waals surface area contributed by atoms with Gasteiger partial charge in [-0.3, -0.25) is 0 Å². The zero-order valence-electron chi connectivity index (χ0n) is 16.6. The third-order valence-electron chi connectivity index (χ3n) is 4.54. The van der Waals surface area contributed by atoms with Crippen molar-refractivity contribution in [2.45, 2.75) is 62.8 Å². The number of ether oxygens (including phenoxy) is 1. The number of aryl methyl sites for hydroxylation is 1. The molecule has 1 amide bonds. The molecule has 0 aliphatic rings. The van der Waals surface area contributed by atoms with E-state index in [4.69, 9.17) is 4.74 Å². The second-order valence-corrected chi connectivity index (χ2v) is 9.03. The third kappa shape index (κ3) is 6.68. The van der Waals surface area contributed by atoms with Crippen molar-refractivity contribution in [1.29, 1.82) is 0 Å². The highest BCUT2D eigenvalue weighted by Gasteiger charge is 2.29. The van der Waals surface area contributed by atoms with Crippen LogP contribution < -0.4 is 5.32 Å². The fourth-order valence-electron chi connectivity index (χ4n) is 2.85. The van der Waals surface area contributed by atoms with Gasteiger partial charge in [0.1, 0.15) is 12.0 Å². The topological polar surface area (TPSA) is 72.5 Å². The minimum atomic E-state index is -3.69. The SMILES string of the molecule is CCCCCC[C@H](NC(=O)OCc1ccccc1)S(=O)(=O)c1ccc(C)cc1. The Bertz CT molecular complexity index is 833. The Morgan fingerprint density at radius 2 is 1.68 bits per heavy atom. The number of hydrogen-bond donors (Lipinski definition) is 1. The van der Waals surface area contributed by atoms with Crippen LogP contribution in [0.2, 0.25) is 0 Å². The summed E-state index contributed by atoms with van der Waals surface area (Å²) in [4.78, 5) is 12.5. The lowest BCUT2D eigenvalue weighted by molar-refractivity contribution is 0.138. The van der Waals surface area contributed by atoms with Crippen molar-refractivity contribution in [3.05, 3.63) is 65.7 Å². The zero-order valence-corrected chi connectivity index (χ0v) is 17.4. The van der Waals surface area contributed by atoms with Crippen molar-refractivity contribution in [2.24, 2.45) is 0 Å². The molecule has 0 heterocycles. The number of carbonyl (C=O) groups is 1. The van der Waals surface area contributed by atoms with Gasteiger partial charge in [0.15, 0.2) is 9.84 Å². The van der Waals surface area contributed by atoms with E-state index in [9.17, 15) is 13.2 Å². The number of amides is 1. The van der Waals surface area contributed by atoms with Crippen LogP contribution in [0.3, 0.4) is 0 Å². The average Bonchev–Trinajstić information content (AvgIpc) is 2.70. The van der Waals surface area contributed by atoms with Crippen molar-refractivity contribution >= 4 is 15.9 Å². The number of nitrogens with one attached hydrogen (secondary N) is 1. The summed E-state index contributed by atoms with van der Waals surface area (Å²) in [6, 6.07) is 16.0. The van der Waals surface area contributed by atoms with Crippen molar-refractivity contribution in [2.75, 3.05) is 0 Å². The third-order valence-corrected chi connectivity index (χ3v) is 6.57. The quantitative estimate of drug-likeness (QED) is 0.567. The minimum Gasteiger partial charge on any atom is -0.445 e. The molecule has 6 heteroatoms. The summed E-state index contributed by atoms with van der Waals surface area (Å²) in [5.41, 5.74) is 1.83. The minimum absolute atomic E-state index is 0.0970. The first-order valence-electron chi connectivity index (χ1n) is 9.71. The highest BCUT2D eigenvalue weighted by Crippen LogP contribution is 2.20. The molecule has 28 heavy (non-hydrogen) atoms. The Kier molecular flexibility index (Phi) is 8.51. The Morgan fingerprint density at radius 1 is 1.00 bits per heavy atom. The second-order valence-electron chi connectivity index (χ2n) is 6.90. The summed E-state index contributed by atoms with van der Waals surface area (Å²) in [6.07, 6.45) is 3.38. The molecular weight excluding hydrogens is 374 g/mol. The molecule has 2 rings (SSSR count). The fourth-order valence-corrected chi connectivity index (χ4v) is 4.42. The van der Waals surface area contributed by atoms with Gasteiger partial charge < -0.3 is 10.1 Å². The van der Waals surface area contributed by atoms with Crippen LogP contribution in [0.25, 0.3) is 0 Å². The van der Waals surface area contributed by atoms with Crippen LogP contribution in [-0.2, 0) is 21.2 Å². The molecular formula is C22H29NO4S. The van der Waals surface area contributed by atoms with E-state index in [1.54, 1.807) is 24.3 Å². The van der Waals surface area contributed by atoms with Crippen molar-refractivity contribution < 1.29 is 17.9 Å². The van der Waals surface area contributed by atoms with Crippen LogP contribution in [-0.4, -0.2) is 19.9 Å². The number of alkyl carbamates (subject to hydrolysis) is 1. The maximum absolute atomic E-state index is 13.0. The predicted octanol–water partition coefficient (Wildman–Crippen LogP) is 4.99. The van der Waals surface area contributed by atoms with E-state index >= 15 is 0 Å². The first-order valence-corrected chi connectivity index (χ1v) is 11.3. The van der Waals surface area contributed by atoms with Gasteiger partial charge in [-0.15, -0.1) is 0 Å². The van der Waals surface area contributed by atoms with Crippen LogP contribution in [0.1, 0.15) is 50.2 Å². The van der Waals surface area contributed by atoms with Gasteiger partial charge in [0.05, 0.1) is 4.90 Å². The van der Waals surface area contributed by atoms with E-state index in [1.165, 1.54) is 0 Å². The van der Waals surface area contributed by atoms with E-state index in [1.807, 2.05) is 37.3 Å². The first kappa shape index (κ1) is 22.0. The van der Waals surface area contributed by atoms with Crippen molar-refractivity contribution in [3.63, 3.8) is 0 Å². The lowest BCUT2D eigenvalue weighted by Crippen LogP contribution is -2.41. The maximum Gasteiger partial charge on any atom is 0.408 e. The molecule has 1 atom stereocenters. The normalized spacial score (nSPS) is 12.4. The number of unbranched alkanes of at least 4 members (excludes halogenated alkanes) is 3. The highest BCUT2D eigenvalue weighted by molar-refractivity contribution is 7.92. The van der Waals surface area contributed by atoms with Gasteiger partial charge >= 0.3 is 6.09 Å². The molecule has 1 N–H and O–H groups in total. The number of carbonyl (C=O) groups excluding carboxylic acids is 1. The molecule has 2 aromatic carbocycles. The fraction of sp³-hybridized carbons (Fsp3) is 0.409. The largest absolute Gasteiger partial charge is 0.445 e. The summed E-state index contributed by atoms with van der Waals surface area (Å²) in [7, 11) is -3.69. The summed E-state index contributed by atoms with van der Waals surface area (Å²) in [5, 5.41) is 1.56. The van der Waals surface area contributed by atoms with Crippen LogP contribution in [0, 0.1) is 6.92 Å². The van der Waals surface area contributed by atoms with E-state index < -0.39 is 21.3 Å². The Hall–Kier alpha value is -2.34. The summed E-state index contributed by atoms with van der Waals surface area (Å²) in [6.45, 7) is 4.09. The summed E-state index contributed by atoms with van der Waals surface area (Å²) >= 11 is 0.